The molecule has 4 heteroatoms. The molecule has 2 aromatic rings. The molecule has 1 saturated carbocycles. The molecule has 136 valence electrons. The average molecular weight is 370 g/mol. The maximum Gasteiger partial charge on any atom is 0.254 e. The summed E-state index contributed by atoms with van der Waals surface area (Å²) in [6.07, 6.45) is 4.72. The number of likely N-dealkylation sites (tertiary alicyclic amines) is 1. The molecule has 1 aliphatic heterocycles. The van der Waals surface area contributed by atoms with E-state index in [4.69, 9.17) is 11.6 Å². The van der Waals surface area contributed by atoms with Crippen molar-refractivity contribution >= 4 is 17.5 Å². The highest BCUT2D eigenvalue weighted by atomic mass is 35.5. The summed E-state index contributed by atoms with van der Waals surface area (Å²) in [6, 6.07) is 17.2. The maximum absolute atomic E-state index is 13.1. The molecular weight excluding hydrogens is 346 g/mol. The molecule has 1 aliphatic carbocycles. The summed E-state index contributed by atoms with van der Waals surface area (Å²) in [5.74, 6) is 0.136. The molecule has 1 amide bonds. The molecule has 0 spiro atoms. The number of piperidine rings is 1. The first-order valence-corrected chi connectivity index (χ1v) is 9.82. The number of nitrogens with zero attached hydrogens (tertiary/aromatic N) is 1. The molecule has 2 fully saturated rings. The molecule has 2 aromatic carbocycles. The minimum absolute atomic E-state index is 0.0497. The quantitative estimate of drug-likeness (QED) is 0.838. The van der Waals surface area contributed by atoms with E-state index in [9.17, 15) is 9.90 Å². The van der Waals surface area contributed by atoms with Gasteiger partial charge in [0, 0.05) is 29.1 Å². The second-order valence-corrected chi connectivity index (χ2v) is 7.94. The lowest BCUT2D eigenvalue weighted by Gasteiger charge is -2.52. The third kappa shape index (κ3) is 3.04. The number of carbonyl (C=O) groups is 1. The van der Waals surface area contributed by atoms with E-state index in [-0.39, 0.29) is 17.9 Å². The SMILES string of the molecule is O=C(c1ccc(Cl)cc1)N1CCC(O)(c2ccccc2)[C@@H]2CCCC[C@@H]21. The molecule has 4 rings (SSSR count). The van der Waals surface area contributed by atoms with Crippen LogP contribution >= 0.6 is 11.6 Å². The molecular formula is C22H24ClNO2. The topological polar surface area (TPSA) is 40.5 Å². The molecule has 1 saturated heterocycles. The molecule has 2 aliphatic rings. The number of hydrogen-bond donors (Lipinski definition) is 1. The second-order valence-electron chi connectivity index (χ2n) is 7.50. The van der Waals surface area contributed by atoms with Crippen LogP contribution in [0.5, 0.6) is 0 Å². The standard InChI is InChI=1S/C22H24ClNO2/c23-18-12-10-16(11-13-18)21(25)24-15-14-22(26,17-6-2-1-3-7-17)19-8-4-5-9-20(19)24/h1-3,6-7,10-13,19-20,26H,4-5,8-9,14-15H2/t19-,20+,22?/m1/s1. The molecule has 26 heavy (non-hydrogen) atoms. The fourth-order valence-electron chi connectivity index (χ4n) is 4.78. The minimum Gasteiger partial charge on any atom is -0.385 e. The highest BCUT2D eigenvalue weighted by Crippen LogP contribution is 2.47. The van der Waals surface area contributed by atoms with Gasteiger partial charge >= 0.3 is 0 Å². The van der Waals surface area contributed by atoms with E-state index in [1.54, 1.807) is 24.3 Å². The van der Waals surface area contributed by atoms with Crippen molar-refractivity contribution in [2.75, 3.05) is 6.54 Å². The van der Waals surface area contributed by atoms with Crippen LogP contribution in [0.1, 0.15) is 48.0 Å². The predicted octanol–water partition coefficient (Wildman–Crippen LogP) is 4.63. The molecule has 3 nitrogen and oxygen atoms in total. The molecule has 3 atom stereocenters. The van der Waals surface area contributed by atoms with Crippen molar-refractivity contribution in [2.24, 2.45) is 5.92 Å². The smallest absolute Gasteiger partial charge is 0.254 e. The largest absolute Gasteiger partial charge is 0.385 e. The van der Waals surface area contributed by atoms with Crippen LogP contribution in [0.25, 0.3) is 0 Å². The van der Waals surface area contributed by atoms with Gasteiger partial charge in [-0.1, -0.05) is 54.8 Å². The minimum atomic E-state index is -0.844. The van der Waals surface area contributed by atoms with Crippen molar-refractivity contribution in [3.05, 3.63) is 70.7 Å². The average Bonchev–Trinajstić information content (AvgIpc) is 2.69. The zero-order valence-corrected chi connectivity index (χ0v) is 15.5. The number of benzene rings is 2. The summed E-state index contributed by atoms with van der Waals surface area (Å²) < 4.78 is 0. The Morgan fingerprint density at radius 1 is 1.04 bits per heavy atom. The van der Waals surface area contributed by atoms with Gasteiger partial charge in [-0.15, -0.1) is 0 Å². The van der Waals surface area contributed by atoms with E-state index in [1.807, 2.05) is 35.2 Å². The Kier molecular flexibility index (Phi) is 4.76. The van der Waals surface area contributed by atoms with Crippen LogP contribution in [-0.2, 0) is 5.60 Å². The third-order valence-electron chi connectivity index (χ3n) is 6.10. The zero-order chi connectivity index (χ0) is 18.1. The number of fused-ring (bicyclic) bond motifs is 1. The van der Waals surface area contributed by atoms with Crippen LogP contribution in [0.2, 0.25) is 5.02 Å². The highest BCUT2D eigenvalue weighted by molar-refractivity contribution is 6.30. The lowest BCUT2D eigenvalue weighted by atomic mass is 9.66. The number of amides is 1. The van der Waals surface area contributed by atoms with E-state index in [2.05, 4.69) is 0 Å². The first kappa shape index (κ1) is 17.6. The van der Waals surface area contributed by atoms with Gasteiger partial charge in [-0.05, 0) is 49.1 Å². The van der Waals surface area contributed by atoms with Crippen LogP contribution < -0.4 is 0 Å². The lowest BCUT2D eigenvalue weighted by molar-refractivity contribution is -0.110. The number of hydrogen-bond acceptors (Lipinski definition) is 2. The Labute approximate surface area is 159 Å². The van der Waals surface area contributed by atoms with Crippen LogP contribution in [0.15, 0.2) is 54.6 Å². The van der Waals surface area contributed by atoms with Gasteiger partial charge in [0.1, 0.15) is 0 Å². The van der Waals surface area contributed by atoms with Gasteiger partial charge in [0.15, 0.2) is 0 Å². The maximum atomic E-state index is 13.1. The van der Waals surface area contributed by atoms with E-state index in [0.717, 1.165) is 31.2 Å². The van der Waals surface area contributed by atoms with Crippen LogP contribution in [0.3, 0.4) is 0 Å². The summed E-state index contributed by atoms with van der Waals surface area (Å²) in [5.41, 5.74) is 0.808. The number of halogens is 1. The third-order valence-corrected chi connectivity index (χ3v) is 6.35. The van der Waals surface area contributed by atoms with Gasteiger partial charge in [0.2, 0.25) is 0 Å². The van der Waals surface area contributed by atoms with Crippen molar-refractivity contribution in [1.29, 1.82) is 0 Å². The van der Waals surface area contributed by atoms with E-state index < -0.39 is 5.60 Å². The highest BCUT2D eigenvalue weighted by Gasteiger charge is 2.50. The second kappa shape index (κ2) is 7.05. The van der Waals surface area contributed by atoms with Crippen molar-refractivity contribution in [1.82, 2.24) is 4.90 Å². The fourth-order valence-corrected chi connectivity index (χ4v) is 4.91. The van der Waals surface area contributed by atoms with Crippen molar-refractivity contribution in [3.63, 3.8) is 0 Å². The monoisotopic (exact) mass is 369 g/mol. The van der Waals surface area contributed by atoms with E-state index >= 15 is 0 Å². The summed E-state index contributed by atoms with van der Waals surface area (Å²) in [5, 5.41) is 12.2. The van der Waals surface area contributed by atoms with Gasteiger partial charge in [0.05, 0.1) is 5.60 Å². The lowest BCUT2D eigenvalue weighted by Crippen LogP contribution is -2.58. The Balaban J connectivity index is 1.64. The summed E-state index contributed by atoms with van der Waals surface area (Å²) >= 11 is 5.96. The Bertz CT molecular complexity index is 776. The summed E-state index contributed by atoms with van der Waals surface area (Å²) in [4.78, 5) is 15.1. The number of rotatable bonds is 2. The molecule has 1 heterocycles. The zero-order valence-electron chi connectivity index (χ0n) is 14.8. The van der Waals surface area contributed by atoms with Crippen molar-refractivity contribution in [3.8, 4) is 0 Å². The van der Waals surface area contributed by atoms with Gasteiger partial charge in [0.25, 0.3) is 5.91 Å². The first-order chi connectivity index (χ1) is 12.6. The van der Waals surface area contributed by atoms with Gasteiger partial charge in [-0.3, -0.25) is 4.79 Å². The van der Waals surface area contributed by atoms with Gasteiger partial charge in [-0.2, -0.15) is 0 Å². The molecule has 1 unspecified atom stereocenters. The summed E-state index contributed by atoms with van der Waals surface area (Å²) in [6.45, 7) is 0.577. The van der Waals surface area contributed by atoms with Crippen LogP contribution in [0, 0.1) is 5.92 Å². The Hall–Kier alpha value is -1.84. The molecule has 0 aromatic heterocycles. The molecule has 1 N–H and O–H groups in total. The predicted molar refractivity (Wildman–Crippen MR) is 103 cm³/mol. The van der Waals surface area contributed by atoms with Crippen molar-refractivity contribution in [2.45, 2.75) is 43.7 Å². The Morgan fingerprint density at radius 3 is 2.46 bits per heavy atom. The molecule has 0 bridgehead atoms. The number of carbonyl (C=O) groups excluding carboxylic acids is 1. The van der Waals surface area contributed by atoms with Crippen molar-refractivity contribution < 1.29 is 9.90 Å². The fraction of sp³-hybridized carbons (Fsp3) is 0.409. The first-order valence-electron chi connectivity index (χ1n) is 9.44. The number of aliphatic hydroxyl groups is 1. The summed E-state index contributed by atoms with van der Waals surface area (Å²) in [7, 11) is 0. The van der Waals surface area contributed by atoms with Gasteiger partial charge < -0.3 is 10.0 Å². The van der Waals surface area contributed by atoms with E-state index in [1.165, 1.54) is 0 Å². The normalized spacial score (nSPS) is 28.5. The van der Waals surface area contributed by atoms with Crippen LogP contribution in [-0.4, -0.2) is 28.5 Å². The molecule has 0 radical (unpaired) electrons. The van der Waals surface area contributed by atoms with Crippen LogP contribution in [0.4, 0.5) is 0 Å². The van der Waals surface area contributed by atoms with Gasteiger partial charge in [-0.25, -0.2) is 0 Å². The van der Waals surface area contributed by atoms with E-state index in [0.29, 0.717) is 23.6 Å². The Morgan fingerprint density at radius 2 is 1.73 bits per heavy atom.